The van der Waals surface area contributed by atoms with Crippen molar-refractivity contribution in [3.63, 3.8) is 0 Å². The number of ether oxygens (including phenoxy) is 1. The molecule has 1 saturated heterocycles. The van der Waals surface area contributed by atoms with Crippen molar-refractivity contribution in [3.8, 4) is 0 Å². The monoisotopic (exact) mass is 188 g/mol. The zero-order valence-electron chi connectivity index (χ0n) is 5.09. The lowest BCUT2D eigenvalue weighted by Gasteiger charge is -1.99. The van der Waals surface area contributed by atoms with Gasteiger partial charge in [-0.25, -0.2) is 0 Å². The van der Waals surface area contributed by atoms with Gasteiger partial charge in [-0.1, -0.05) is 15.9 Å². The Balaban J connectivity index is 1.86. The fraction of sp³-hybridized carbons (Fsp3) is 1.00. The summed E-state index contributed by atoms with van der Waals surface area (Å²) in [4.78, 5) is 0.815. The second kappa shape index (κ2) is 1.37. The average Bonchev–Trinajstić information content (AvgIpc) is 2.64. The van der Waals surface area contributed by atoms with Gasteiger partial charge in [-0.3, -0.25) is 0 Å². The van der Waals surface area contributed by atoms with E-state index < -0.39 is 0 Å². The van der Waals surface area contributed by atoms with Crippen molar-refractivity contribution >= 4 is 15.9 Å². The van der Waals surface area contributed by atoms with Crippen LogP contribution in [0.3, 0.4) is 0 Å². The lowest BCUT2D eigenvalue weighted by atomic mass is 10.0. The first-order valence-electron chi connectivity index (χ1n) is 3.67. The molecular weight excluding hydrogens is 180 g/mol. The van der Waals surface area contributed by atoms with Gasteiger partial charge in [0.15, 0.2) is 0 Å². The molecule has 2 aliphatic carbocycles. The molecule has 0 aromatic rings. The van der Waals surface area contributed by atoms with Crippen LogP contribution in [0.4, 0.5) is 0 Å². The number of hydrogen-bond donors (Lipinski definition) is 0. The minimum Gasteiger partial charge on any atom is -0.369 e. The highest BCUT2D eigenvalue weighted by Gasteiger charge is 2.64. The van der Waals surface area contributed by atoms with Gasteiger partial charge in [0.05, 0.1) is 12.2 Å². The third-order valence-corrected chi connectivity index (χ3v) is 4.21. The molecule has 3 rings (SSSR count). The third-order valence-electron chi connectivity index (χ3n) is 2.92. The Hall–Kier alpha value is 0.440. The Labute approximate surface area is 62.9 Å². The van der Waals surface area contributed by atoms with Gasteiger partial charge >= 0.3 is 0 Å². The maximum atomic E-state index is 5.47. The summed E-state index contributed by atoms with van der Waals surface area (Å²) in [5, 5.41) is 0. The first-order chi connectivity index (χ1) is 4.38. The lowest BCUT2D eigenvalue weighted by molar-refractivity contribution is 0.361. The lowest BCUT2D eigenvalue weighted by Crippen LogP contribution is -2.04. The molecule has 50 valence electrons. The molecule has 0 spiro atoms. The van der Waals surface area contributed by atoms with Gasteiger partial charge in [-0.15, -0.1) is 0 Å². The van der Waals surface area contributed by atoms with Crippen LogP contribution in [0.2, 0.25) is 0 Å². The average molecular weight is 189 g/mol. The summed E-state index contributed by atoms with van der Waals surface area (Å²) in [6.45, 7) is 0. The van der Waals surface area contributed by atoms with Crippen molar-refractivity contribution in [2.75, 3.05) is 0 Å². The van der Waals surface area contributed by atoms with Gasteiger partial charge in [-0.05, 0) is 18.8 Å². The largest absolute Gasteiger partial charge is 0.369 e. The van der Waals surface area contributed by atoms with Crippen molar-refractivity contribution < 1.29 is 4.74 Å². The van der Waals surface area contributed by atoms with E-state index in [9.17, 15) is 0 Å². The van der Waals surface area contributed by atoms with E-state index in [0.717, 1.165) is 16.7 Å². The Morgan fingerprint density at radius 1 is 1.33 bits per heavy atom. The second-order valence-corrected chi connectivity index (χ2v) is 4.46. The van der Waals surface area contributed by atoms with E-state index >= 15 is 0 Å². The zero-order valence-corrected chi connectivity index (χ0v) is 6.67. The molecule has 0 aromatic carbocycles. The van der Waals surface area contributed by atoms with E-state index in [1.165, 1.54) is 12.8 Å². The highest BCUT2D eigenvalue weighted by Crippen LogP contribution is 2.60. The highest BCUT2D eigenvalue weighted by molar-refractivity contribution is 9.09. The molecule has 0 N–H and O–H groups in total. The summed E-state index contributed by atoms with van der Waals surface area (Å²) >= 11 is 3.66. The van der Waals surface area contributed by atoms with Crippen LogP contribution in [0, 0.1) is 11.8 Å². The van der Waals surface area contributed by atoms with Crippen LogP contribution in [0.5, 0.6) is 0 Å². The standard InChI is InChI=1S/C7H9BrO/c8-6-3-1-2-4-7(9-4)5(3)6/h3-7H,1-2H2. The molecule has 1 aliphatic heterocycles. The summed E-state index contributed by atoms with van der Waals surface area (Å²) < 4.78 is 5.47. The normalized spacial score (nSPS) is 68.3. The molecule has 0 amide bonds. The van der Waals surface area contributed by atoms with Crippen LogP contribution in [0.15, 0.2) is 0 Å². The van der Waals surface area contributed by atoms with E-state index in [4.69, 9.17) is 4.74 Å². The predicted molar refractivity (Wildman–Crippen MR) is 37.6 cm³/mol. The highest BCUT2D eigenvalue weighted by atomic mass is 79.9. The van der Waals surface area contributed by atoms with E-state index in [2.05, 4.69) is 15.9 Å². The summed E-state index contributed by atoms with van der Waals surface area (Å²) in [6.07, 6.45) is 4.08. The van der Waals surface area contributed by atoms with Gasteiger partial charge in [0, 0.05) is 10.7 Å². The minimum absolute atomic E-state index is 0.674. The molecule has 0 radical (unpaired) electrons. The molecule has 5 atom stereocenters. The van der Waals surface area contributed by atoms with Crippen LogP contribution in [-0.4, -0.2) is 17.0 Å². The molecule has 0 bridgehead atoms. The summed E-state index contributed by atoms with van der Waals surface area (Å²) in [6, 6.07) is 0. The van der Waals surface area contributed by atoms with E-state index in [0.29, 0.717) is 12.2 Å². The third kappa shape index (κ3) is 0.541. The molecule has 3 fully saturated rings. The number of rotatable bonds is 0. The Bertz CT molecular complexity index is 157. The molecule has 2 saturated carbocycles. The number of epoxide rings is 1. The van der Waals surface area contributed by atoms with Crippen molar-refractivity contribution in [3.05, 3.63) is 0 Å². The van der Waals surface area contributed by atoms with Gasteiger partial charge in [0.25, 0.3) is 0 Å². The molecule has 9 heavy (non-hydrogen) atoms. The molecule has 1 heterocycles. The molecule has 5 unspecified atom stereocenters. The smallest absolute Gasteiger partial charge is 0.0883 e. The molecule has 1 nitrogen and oxygen atoms in total. The fourth-order valence-corrected chi connectivity index (χ4v) is 3.35. The van der Waals surface area contributed by atoms with E-state index in [1.54, 1.807) is 0 Å². The van der Waals surface area contributed by atoms with E-state index in [1.807, 2.05) is 0 Å². The van der Waals surface area contributed by atoms with Gasteiger partial charge in [0.1, 0.15) is 0 Å². The van der Waals surface area contributed by atoms with Crippen molar-refractivity contribution in [2.24, 2.45) is 11.8 Å². The first-order valence-corrected chi connectivity index (χ1v) is 4.59. The minimum atomic E-state index is 0.674. The van der Waals surface area contributed by atoms with Gasteiger partial charge < -0.3 is 4.74 Å². The zero-order chi connectivity index (χ0) is 6.01. The van der Waals surface area contributed by atoms with Gasteiger partial charge in [-0.2, -0.15) is 0 Å². The molecule has 2 heteroatoms. The van der Waals surface area contributed by atoms with Crippen LogP contribution in [-0.2, 0) is 4.74 Å². The number of fused-ring (bicyclic) bond motifs is 3. The van der Waals surface area contributed by atoms with Crippen LogP contribution in [0.1, 0.15) is 12.8 Å². The molecule has 3 aliphatic rings. The van der Waals surface area contributed by atoms with Crippen LogP contribution >= 0.6 is 15.9 Å². The van der Waals surface area contributed by atoms with Crippen LogP contribution in [0.25, 0.3) is 0 Å². The second-order valence-electron chi connectivity index (χ2n) is 3.40. The predicted octanol–water partition coefficient (Wildman–Crippen LogP) is 1.56. The van der Waals surface area contributed by atoms with Crippen molar-refractivity contribution in [1.29, 1.82) is 0 Å². The summed E-state index contributed by atoms with van der Waals surface area (Å²) in [5.41, 5.74) is 0. The maximum Gasteiger partial charge on any atom is 0.0883 e. The number of hydrogen-bond acceptors (Lipinski definition) is 1. The molecule has 0 aromatic heterocycles. The van der Waals surface area contributed by atoms with Crippen molar-refractivity contribution in [1.82, 2.24) is 0 Å². The van der Waals surface area contributed by atoms with E-state index in [-0.39, 0.29) is 0 Å². The fourth-order valence-electron chi connectivity index (χ4n) is 2.22. The summed E-state index contributed by atoms with van der Waals surface area (Å²) in [7, 11) is 0. The first kappa shape index (κ1) is 5.14. The Kier molecular flexibility index (Phi) is 0.784. The maximum absolute atomic E-state index is 5.47. The Morgan fingerprint density at radius 3 is 3.00 bits per heavy atom. The topological polar surface area (TPSA) is 12.5 Å². The number of halogens is 1. The quantitative estimate of drug-likeness (QED) is 0.416. The van der Waals surface area contributed by atoms with Crippen molar-refractivity contribution in [2.45, 2.75) is 29.9 Å². The molecular formula is C7H9BrO. The van der Waals surface area contributed by atoms with Crippen LogP contribution < -0.4 is 0 Å². The SMILES string of the molecule is BrC1C2CCC3OC3C12. The number of alkyl halides is 1. The summed E-state index contributed by atoms with van der Waals surface area (Å²) in [5.74, 6) is 1.89. The Morgan fingerprint density at radius 2 is 2.22 bits per heavy atom. The van der Waals surface area contributed by atoms with Gasteiger partial charge in [0.2, 0.25) is 0 Å².